The number of nitrogens with zero attached hydrogens (tertiary/aromatic N) is 3. The highest BCUT2D eigenvalue weighted by Crippen LogP contribution is 2.26. The minimum absolute atomic E-state index is 0.147. The fourth-order valence-electron chi connectivity index (χ4n) is 3.25. The van der Waals surface area contributed by atoms with Gasteiger partial charge in [0.1, 0.15) is 0 Å². The molecule has 30 heavy (non-hydrogen) atoms. The molecule has 2 heterocycles. The Morgan fingerprint density at radius 1 is 0.933 bits per heavy atom. The van der Waals surface area contributed by atoms with Gasteiger partial charge in [0.2, 0.25) is 16.0 Å². The Morgan fingerprint density at radius 3 is 2.50 bits per heavy atom. The van der Waals surface area contributed by atoms with Gasteiger partial charge in [0, 0.05) is 35.9 Å². The summed E-state index contributed by atoms with van der Waals surface area (Å²) in [5.74, 6) is 0.283. The van der Waals surface area contributed by atoms with Crippen LogP contribution in [0.15, 0.2) is 67.0 Å². The maximum Gasteiger partial charge on any atom is 0.255 e. The maximum atomic E-state index is 12.7. The molecule has 2 N–H and O–H groups in total. The number of anilines is 4. The number of benzene rings is 2. The molecule has 154 valence electrons. The number of carbonyl (C=O) groups is 1. The Kier molecular flexibility index (Phi) is 5.62. The highest BCUT2D eigenvalue weighted by atomic mass is 32.2. The Bertz CT molecular complexity index is 1150. The van der Waals surface area contributed by atoms with E-state index in [1.165, 1.54) is 4.31 Å². The monoisotopic (exact) mass is 423 g/mol. The third-order valence-electron chi connectivity index (χ3n) is 4.69. The van der Waals surface area contributed by atoms with Crippen molar-refractivity contribution in [3.05, 3.63) is 72.6 Å². The Morgan fingerprint density at radius 2 is 1.70 bits per heavy atom. The number of hydrogen-bond donors (Lipinski definition) is 2. The van der Waals surface area contributed by atoms with Crippen LogP contribution in [0.3, 0.4) is 0 Å². The molecule has 0 unspecified atom stereocenters. The first kappa shape index (κ1) is 19.8. The quantitative estimate of drug-likeness (QED) is 0.652. The smallest absolute Gasteiger partial charge is 0.255 e. The minimum atomic E-state index is -3.31. The lowest BCUT2D eigenvalue weighted by Crippen LogP contribution is -2.37. The Balaban J connectivity index is 1.50. The Labute approximate surface area is 175 Å². The number of hydrogen-bond acceptors (Lipinski definition) is 6. The molecule has 3 aromatic rings. The second-order valence-electron chi connectivity index (χ2n) is 6.88. The summed E-state index contributed by atoms with van der Waals surface area (Å²) in [5.41, 5.74) is 2.22. The molecule has 1 amide bonds. The van der Waals surface area contributed by atoms with Crippen molar-refractivity contribution in [1.29, 1.82) is 0 Å². The molecule has 0 aliphatic carbocycles. The van der Waals surface area contributed by atoms with Crippen LogP contribution in [-0.4, -0.2) is 36.6 Å². The van der Waals surface area contributed by atoms with E-state index in [-0.39, 0.29) is 11.7 Å². The molecule has 1 aliphatic heterocycles. The second-order valence-corrected chi connectivity index (χ2v) is 8.89. The number of aromatic nitrogens is 2. The fraction of sp³-hybridized carbons (Fsp3) is 0.190. The van der Waals surface area contributed by atoms with Gasteiger partial charge in [0.05, 0.1) is 11.4 Å². The van der Waals surface area contributed by atoms with E-state index < -0.39 is 10.0 Å². The molecule has 4 rings (SSSR count). The molecule has 0 atom stereocenters. The topological polar surface area (TPSA) is 104 Å². The summed E-state index contributed by atoms with van der Waals surface area (Å²) in [7, 11) is -3.31. The SMILES string of the molecule is O=C(Nc1cccc(N2CCCCS2(=O)=O)c1)c1cccc(Nc2ncccn2)c1. The predicted octanol–water partition coefficient (Wildman–Crippen LogP) is 3.40. The summed E-state index contributed by atoms with van der Waals surface area (Å²) in [6.07, 6.45) is 4.75. The van der Waals surface area contributed by atoms with Crippen molar-refractivity contribution in [3.63, 3.8) is 0 Å². The summed E-state index contributed by atoms with van der Waals surface area (Å²) in [5, 5.41) is 5.89. The average Bonchev–Trinajstić information content (AvgIpc) is 2.74. The molecule has 0 bridgehead atoms. The molecule has 9 heteroatoms. The maximum absolute atomic E-state index is 12.7. The molecule has 1 aliphatic rings. The molecule has 2 aromatic carbocycles. The van der Waals surface area contributed by atoms with Gasteiger partial charge < -0.3 is 10.6 Å². The number of carbonyl (C=O) groups excluding carboxylic acids is 1. The fourth-order valence-corrected chi connectivity index (χ4v) is 4.88. The standard InChI is InChI=1S/C21H21N5O3S/c27-20(16-6-3-7-17(14-16)25-21-22-10-5-11-23-21)24-18-8-4-9-19(15-18)26-12-1-2-13-30(26,28)29/h3-11,14-15H,1-2,12-13H2,(H,24,27)(H,22,23,25). The number of rotatable bonds is 5. The van der Waals surface area contributed by atoms with Crippen LogP contribution >= 0.6 is 0 Å². The zero-order valence-corrected chi connectivity index (χ0v) is 17.0. The molecule has 8 nitrogen and oxygen atoms in total. The molecule has 1 fully saturated rings. The lowest BCUT2D eigenvalue weighted by molar-refractivity contribution is 0.102. The first-order chi connectivity index (χ1) is 14.5. The van der Waals surface area contributed by atoms with Crippen molar-refractivity contribution in [2.75, 3.05) is 27.2 Å². The van der Waals surface area contributed by atoms with E-state index in [1.807, 2.05) is 6.07 Å². The van der Waals surface area contributed by atoms with Gasteiger partial charge >= 0.3 is 0 Å². The van der Waals surface area contributed by atoms with Crippen molar-refractivity contribution >= 4 is 38.9 Å². The second kappa shape index (κ2) is 8.50. The van der Waals surface area contributed by atoms with Crippen LogP contribution in [-0.2, 0) is 10.0 Å². The molecule has 1 aromatic heterocycles. The van der Waals surface area contributed by atoms with Crippen LogP contribution in [0.1, 0.15) is 23.2 Å². The normalized spacial score (nSPS) is 15.4. The summed E-state index contributed by atoms with van der Waals surface area (Å²) in [4.78, 5) is 20.9. The van der Waals surface area contributed by atoms with Crippen molar-refractivity contribution in [1.82, 2.24) is 9.97 Å². The van der Waals surface area contributed by atoms with E-state index in [2.05, 4.69) is 20.6 Å². The van der Waals surface area contributed by atoms with Crippen molar-refractivity contribution in [2.24, 2.45) is 0 Å². The van der Waals surface area contributed by atoms with Gasteiger partial charge in [-0.2, -0.15) is 0 Å². The van der Waals surface area contributed by atoms with Crippen LogP contribution in [0.5, 0.6) is 0 Å². The zero-order chi connectivity index (χ0) is 21.0. The highest BCUT2D eigenvalue weighted by Gasteiger charge is 2.26. The van der Waals surface area contributed by atoms with Gasteiger partial charge in [-0.15, -0.1) is 0 Å². The van der Waals surface area contributed by atoms with Crippen LogP contribution in [0.25, 0.3) is 0 Å². The van der Waals surface area contributed by atoms with Crippen molar-refractivity contribution < 1.29 is 13.2 Å². The van der Waals surface area contributed by atoms with Crippen LogP contribution < -0.4 is 14.9 Å². The molecule has 1 saturated heterocycles. The van der Waals surface area contributed by atoms with Crippen LogP contribution in [0, 0.1) is 0 Å². The van der Waals surface area contributed by atoms with E-state index in [9.17, 15) is 13.2 Å². The third kappa shape index (κ3) is 4.57. The average molecular weight is 423 g/mol. The van der Waals surface area contributed by atoms with Crippen LogP contribution in [0.2, 0.25) is 0 Å². The first-order valence-corrected chi connectivity index (χ1v) is 11.2. The minimum Gasteiger partial charge on any atom is -0.324 e. The van der Waals surface area contributed by atoms with Gasteiger partial charge in [-0.25, -0.2) is 18.4 Å². The van der Waals surface area contributed by atoms with Gasteiger partial charge in [0.15, 0.2) is 0 Å². The molecule has 0 radical (unpaired) electrons. The van der Waals surface area contributed by atoms with Crippen LogP contribution in [0.4, 0.5) is 23.0 Å². The summed E-state index contributed by atoms with van der Waals surface area (Å²) >= 11 is 0. The van der Waals surface area contributed by atoms with Crippen molar-refractivity contribution in [2.45, 2.75) is 12.8 Å². The lowest BCUT2D eigenvalue weighted by atomic mass is 10.1. The summed E-state index contributed by atoms with van der Waals surface area (Å²) < 4.78 is 26.1. The number of nitrogens with one attached hydrogen (secondary N) is 2. The molecular weight excluding hydrogens is 402 g/mol. The first-order valence-electron chi connectivity index (χ1n) is 9.57. The van der Waals surface area contributed by atoms with E-state index in [0.29, 0.717) is 41.5 Å². The van der Waals surface area contributed by atoms with E-state index in [0.717, 1.165) is 6.42 Å². The zero-order valence-electron chi connectivity index (χ0n) is 16.2. The largest absolute Gasteiger partial charge is 0.324 e. The predicted molar refractivity (Wildman–Crippen MR) is 117 cm³/mol. The van der Waals surface area contributed by atoms with Crippen molar-refractivity contribution in [3.8, 4) is 0 Å². The highest BCUT2D eigenvalue weighted by molar-refractivity contribution is 7.92. The molecule has 0 saturated carbocycles. The third-order valence-corrected chi connectivity index (χ3v) is 6.56. The summed E-state index contributed by atoms with van der Waals surface area (Å²) in [6.45, 7) is 0.453. The van der Waals surface area contributed by atoms with E-state index >= 15 is 0 Å². The number of amides is 1. The Hall–Kier alpha value is -3.46. The molecular formula is C21H21N5O3S. The number of sulfonamides is 1. The van der Waals surface area contributed by atoms with E-state index in [4.69, 9.17) is 0 Å². The van der Waals surface area contributed by atoms with Gasteiger partial charge in [-0.3, -0.25) is 9.10 Å². The molecule has 0 spiro atoms. The van der Waals surface area contributed by atoms with Gasteiger partial charge in [-0.1, -0.05) is 12.1 Å². The lowest BCUT2D eigenvalue weighted by Gasteiger charge is -2.28. The van der Waals surface area contributed by atoms with Gasteiger partial charge in [0.25, 0.3) is 5.91 Å². The van der Waals surface area contributed by atoms with E-state index in [1.54, 1.807) is 60.9 Å². The van der Waals surface area contributed by atoms with Gasteiger partial charge in [-0.05, 0) is 55.3 Å². The summed E-state index contributed by atoms with van der Waals surface area (Å²) in [6, 6.07) is 15.6.